The van der Waals surface area contributed by atoms with Gasteiger partial charge in [-0.3, -0.25) is 10.1 Å². The van der Waals surface area contributed by atoms with Gasteiger partial charge < -0.3 is 4.74 Å². The number of hydrogen-bond acceptors (Lipinski definition) is 4. The lowest BCUT2D eigenvalue weighted by Gasteiger charge is -2.07. The predicted molar refractivity (Wildman–Crippen MR) is 60.6 cm³/mol. The summed E-state index contributed by atoms with van der Waals surface area (Å²) in [5.74, 6) is 0.642. The molecule has 0 saturated heterocycles. The number of hydrogen-bond donors (Lipinski definition) is 0. The molecule has 4 nitrogen and oxygen atoms in total. The van der Waals surface area contributed by atoms with E-state index in [1.165, 1.54) is 17.8 Å². The molecule has 0 N–H and O–H groups in total. The van der Waals surface area contributed by atoms with Crippen molar-refractivity contribution in [3.05, 3.63) is 28.3 Å². The molecule has 0 fully saturated rings. The number of rotatable bonds is 4. The third kappa shape index (κ3) is 3.13. The zero-order valence-electron chi connectivity index (χ0n) is 8.89. The van der Waals surface area contributed by atoms with Crippen molar-refractivity contribution in [3.63, 3.8) is 0 Å². The van der Waals surface area contributed by atoms with Gasteiger partial charge in [0.15, 0.2) is 0 Å². The number of nitro groups is 1. The molecule has 0 saturated carbocycles. The van der Waals surface area contributed by atoms with E-state index in [1.54, 1.807) is 19.2 Å². The molecule has 0 bridgehead atoms. The lowest BCUT2D eigenvalue weighted by atomic mass is 10.3. The highest BCUT2D eigenvalue weighted by Crippen LogP contribution is 2.34. The molecule has 0 aliphatic rings. The number of thioether (sulfide) groups is 1. The highest BCUT2D eigenvalue weighted by molar-refractivity contribution is 8.00. The Labute approximate surface area is 92.8 Å². The van der Waals surface area contributed by atoms with Crippen LogP contribution in [0.3, 0.4) is 0 Å². The van der Waals surface area contributed by atoms with Crippen molar-refractivity contribution in [2.45, 2.75) is 24.0 Å². The summed E-state index contributed by atoms with van der Waals surface area (Å²) in [5, 5.41) is 11.1. The van der Waals surface area contributed by atoms with Crippen molar-refractivity contribution < 1.29 is 9.66 Å². The molecule has 1 rings (SSSR count). The predicted octanol–water partition coefficient (Wildman–Crippen LogP) is 3.10. The molecule has 0 aromatic heterocycles. The molecule has 0 heterocycles. The van der Waals surface area contributed by atoms with E-state index in [0.29, 0.717) is 15.9 Å². The van der Waals surface area contributed by atoms with E-state index >= 15 is 0 Å². The van der Waals surface area contributed by atoms with E-state index in [4.69, 9.17) is 4.74 Å². The molecular weight excluding hydrogens is 214 g/mol. The fraction of sp³-hybridized carbons (Fsp3) is 0.400. The van der Waals surface area contributed by atoms with Gasteiger partial charge in [0.1, 0.15) is 5.75 Å². The zero-order valence-corrected chi connectivity index (χ0v) is 9.71. The minimum atomic E-state index is -0.371. The maximum atomic E-state index is 10.8. The quantitative estimate of drug-likeness (QED) is 0.450. The monoisotopic (exact) mass is 227 g/mol. The van der Waals surface area contributed by atoms with Gasteiger partial charge in [-0.15, -0.1) is 11.8 Å². The Morgan fingerprint density at radius 3 is 2.60 bits per heavy atom. The van der Waals surface area contributed by atoms with Crippen molar-refractivity contribution in [1.82, 2.24) is 0 Å². The molecule has 0 aliphatic carbocycles. The first kappa shape index (κ1) is 11.8. The molecule has 0 spiro atoms. The summed E-state index contributed by atoms with van der Waals surface area (Å²) in [6.07, 6.45) is 0. The molecule has 82 valence electrons. The summed E-state index contributed by atoms with van der Waals surface area (Å²) in [4.78, 5) is 11.0. The molecule has 0 unspecified atom stereocenters. The van der Waals surface area contributed by atoms with E-state index in [9.17, 15) is 10.1 Å². The molecule has 0 amide bonds. The molecule has 0 radical (unpaired) electrons. The molecule has 1 aromatic carbocycles. The van der Waals surface area contributed by atoms with Crippen LogP contribution in [0.4, 0.5) is 5.69 Å². The van der Waals surface area contributed by atoms with Crippen LogP contribution in [0.15, 0.2) is 23.1 Å². The summed E-state index contributed by atoms with van der Waals surface area (Å²) in [5.41, 5.74) is 0.134. The maximum absolute atomic E-state index is 10.8. The van der Waals surface area contributed by atoms with E-state index in [0.717, 1.165) is 0 Å². The van der Waals surface area contributed by atoms with Gasteiger partial charge >= 0.3 is 0 Å². The first-order valence-electron chi connectivity index (χ1n) is 4.53. The summed E-state index contributed by atoms with van der Waals surface area (Å²) >= 11 is 1.46. The third-order valence-corrected chi connectivity index (χ3v) is 2.78. The largest absolute Gasteiger partial charge is 0.497 e. The van der Waals surface area contributed by atoms with Crippen molar-refractivity contribution in [1.29, 1.82) is 0 Å². The number of benzene rings is 1. The Morgan fingerprint density at radius 1 is 1.47 bits per heavy atom. The highest BCUT2D eigenvalue weighted by Gasteiger charge is 2.15. The lowest BCUT2D eigenvalue weighted by molar-refractivity contribution is -0.387. The summed E-state index contributed by atoms with van der Waals surface area (Å²) < 4.78 is 5.04. The maximum Gasteiger partial charge on any atom is 0.283 e. The van der Waals surface area contributed by atoms with Crippen molar-refractivity contribution in [3.8, 4) is 5.75 Å². The highest BCUT2D eigenvalue weighted by atomic mass is 32.2. The minimum absolute atomic E-state index is 0.134. The van der Waals surface area contributed by atoms with Crippen LogP contribution in [0.1, 0.15) is 13.8 Å². The van der Waals surface area contributed by atoms with Crippen LogP contribution in [-0.4, -0.2) is 17.3 Å². The number of nitrogens with zero attached hydrogens (tertiary/aromatic N) is 1. The zero-order chi connectivity index (χ0) is 11.4. The summed E-state index contributed by atoms with van der Waals surface area (Å²) in [6.45, 7) is 3.99. The SMILES string of the molecule is COc1ccc([N+](=O)[O-])c(SC(C)C)c1. The van der Waals surface area contributed by atoms with E-state index in [2.05, 4.69) is 0 Å². The second kappa shape index (κ2) is 5.02. The molecule has 5 heteroatoms. The van der Waals surface area contributed by atoms with Crippen LogP contribution in [0, 0.1) is 10.1 Å². The van der Waals surface area contributed by atoms with Crippen LogP contribution in [0.5, 0.6) is 5.75 Å². The van der Waals surface area contributed by atoms with Gasteiger partial charge in [0.05, 0.1) is 16.9 Å². The van der Waals surface area contributed by atoms with E-state index in [-0.39, 0.29) is 10.6 Å². The average molecular weight is 227 g/mol. The van der Waals surface area contributed by atoms with Gasteiger partial charge in [-0.1, -0.05) is 13.8 Å². The van der Waals surface area contributed by atoms with Gasteiger partial charge in [0.25, 0.3) is 5.69 Å². The van der Waals surface area contributed by atoms with Crippen molar-refractivity contribution in [2.75, 3.05) is 7.11 Å². The van der Waals surface area contributed by atoms with Crippen LogP contribution in [0.25, 0.3) is 0 Å². The Balaban J connectivity index is 3.10. The number of nitro benzene ring substituents is 1. The number of ether oxygens (including phenoxy) is 1. The standard InChI is InChI=1S/C10H13NO3S/c1-7(2)15-10-6-8(14-3)4-5-9(10)11(12)13/h4-7H,1-3H3. The normalized spacial score (nSPS) is 10.4. The van der Waals surface area contributed by atoms with Gasteiger partial charge in [0.2, 0.25) is 0 Å². The smallest absolute Gasteiger partial charge is 0.283 e. The summed E-state index contributed by atoms with van der Waals surface area (Å²) in [7, 11) is 1.55. The van der Waals surface area contributed by atoms with Crippen LogP contribution < -0.4 is 4.74 Å². The molecule has 0 aliphatic heterocycles. The third-order valence-electron chi connectivity index (χ3n) is 1.73. The molecular formula is C10H13NO3S. The first-order valence-corrected chi connectivity index (χ1v) is 5.41. The van der Waals surface area contributed by atoms with Crippen molar-refractivity contribution in [2.24, 2.45) is 0 Å². The average Bonchev–Trinajstić information content (AvgIpc) is 2.16. The van der Waals surface area contributed by atoms with Gasteiger partial charge in [-0.25, -0.2) is 0 Å². The molecule has 15 heavy (non-hydrogen) atoms. The van der Waals surface area contributed by atoms with Crippen LogP contribution >= 0.6 is 11.8 Å². The lowest BCUT2D eigenvalue weighted by Crippen LogP contribution is -1.95. The Morgan fingerprint density at radius 2 is 2.13 bits per heavy atom. The Kier molecular flexibility index (Phi) is 3.96. The number of methoxy groups -OCH3 is 1. The van der Waals surface area contributed by atoms with E-state index < -0.39 is 0 Å². The Bertz CT molecular complexity index is 366. The second-order valence-electron chi connectivity index (χ2n) is 3.26. The Hall–Kier alpha value is -1.23. The van der Waals surface area contributed by atoms with Gasteiger partial charge in [-0.05, 0) is 6.07 Å². The topological polar surface area (TPSA) is 52.4 Å². The minimum Gasteiger partial charge on any atom is -0.497 e. The molecule has 0 atom stereocenters. The van der Waals surface area contributed by atoms with E-state index in [1.807, 2.05) is 13.8 Å². The molecule has 1 aromatic rings. The van der Waals surface area contributed by atoms with Crippen LogP contribution in [0.2, 0.25) is 0 Å². The van der Waals surface area contributed by atoms with Gasteiger partial charge in [0, 0.05) is 17.4 Å². The summed E-state index contributed by atoms with van der Waals surface area (Å²) in [6, 6.07) is 4.77. The fourth-order valence-corrected chi connectivity index (χ4v) is 2.08. The van der Waals surface area contributed by atoms with Crippen molar-refractivity contribution >= 4 is 17.4 Å². The fourth-order valence-electron chi connectivity index (χ4n) is 1.12. The van der Waals surface area contributed by atoms with Gasteiger partial charge in [-0.2, -0.15) is 0 Å². The van der Waals surface area contributed by atoms with Crippen LogP contribution in [-0.2, 0) is 0 Å². The first-order chi connectivity index (χ1) is 7.04. The second-order valence-corrected chi connectivity index (χ2v) is 4.88.